The number of piperidine rings is 1. The first-order valence-corrected chi connectivity index (χ1v) is 15.4. The molecule has 0 radical (unpaired) electrons. The van der Waals surface area contributed by atoms with E-state index in [4.69, 9.17) is 0 Å². The van der Waals surface area contributed by atoms with Crippen LogP contribution in [0.25, 0.3) is 0 Å². The molecule has 5 nitrogen and oxygen atoms in total. The van der Waals surface area contributed by atoms with Gasteiger partial charge in [0.1, 0.15) is 0 Å². The van der Waals surface area contributed by atoms with Gasteiger partial charge in [-0.3, -0.25) is 9.59 Å². The van der Waals surface area contributed by atoms with E-state index >= 15 is 0 Å². The Balaban J connectivity index is 1.31. The molecule has 0 spiro atoms. The average Bonchev–Trinajstić information content (AvgIpc) is 3.08. The van der Waals surface area contributed by atoms with Gasteiger partial charge < -0.3 is 9.80 Å². The van der Waals surface area contributed by atoms with Crippen molar-refractivity contribution < 1.29 is 13.8 Å². The van der Waals surface area contributed by atoms with E-state index in [1.165, 1.54) is 5.56 Å². The van der Waals surface area contributed by atoms with Gasteiger partial charge >= 0.3 is 0 Å². The molecular formula is C35H34N2O3S. The highest BCUT2D eigenvalue weighted by molar-refractivity contribution is 7.85. The minimum absolute atomic E-state index is 0.0439. The number of amides is 2. The maximum Gasteiger partial charge on any atom is 0.259 e. The van der Waals surface area contributed by atoms with E-state index in [9.17, 15) is 13.8 Å². The van der Waals surface area contributed by atoms with Crippen LogP contribution >= 0.6 is 0 Å². The van der Waals surface area contributed by atoms with E-state index in [0.717, 1.165) is 36.0 Å². The van der Waals surface area contributed by atoms with E-state index in [2.05, 4.69) is 42.5 Å². The SMILES string of the molecule is Cc1ccc(C)c(CN2C(=O)c3ccccc3[S@@](=O)c3ccc(C(=O)N4CCC(Cc5ccccc5)CC4)cc32)c1. The summed E-state index contributed by atoms with van der Waals surface area (Å²) < 4.78 is 13.8. The molecule has 41 heavy (non-hydrogen) atoms. The Kier molecular flexibility index (Phi) is 7.59. The van der Waals surface area contributed by atoms with E-state index in [0.29, 0.717) is 52.2 Å². The molecule has 0 aromatic heterocycles. The van der Waals surface area contributed by atoms with Crippen LogP contribution in [-0.2, 0) is 23.8 Å². The molecule has 2 amide bonds. The molecule has 0 unspecified atom stereocenters. The molecule has 1 fully saturated rings. The van der Waals surface area contributed by atoms with Crippen LogP contribution in [0.3, 0.4) is 0 Å². The number of anilines is 1. The summed E-state index contributed by atoms with van der Waals surface area (Å²) >= 11 is 0. The summed E-state index contributed by atoms with van der Waals surface area (Å²) in [5.41, 5.74) is 6.03. The van der Waals surface area contributed by atoms with E-state index < -0.39 is 10.8 Å². The predicted molar refractivity (Wildman–Crippen MR) is 163 cm³/mol. The Morgan fingerprint density at radius 2 is 1.59 bits per heavy atom. The summed E-state index contributed by atoms with van der Waals surface area (Å²) in [6.07, 6.45) is 2.95. The lowest BCUT2D eigenvalue weighted by Crippen LogP contribution is -2.39. The summed E-state index contributed by atoms with van der Waals surface area (Å²) in [7, 11) is -1.55. The normalized spacial score (nSPS) is 17.1. The van der Waals surface area contributed by atoms with Crippen LogP contribution in [0.15, 0.2) is 101 Å². The predicted octanol–water partition coefficient (Wildman–Crippen LogP) is 6.73. The second-order valence-electron chi connectivity index (χ2n) is 11.2. The zero-order chi connectivity index (χ0) is 28.5. The number of likely N-dealkylation sites (tertiary alicyclic amines) is 1. The van der Waals surface area contributed by atoms with Gasteiger partial charge in [0.05, 0.1) is 38.4 Å². The standard InChI is InChI=1S/C35H34N2O3S/c1-24-12-13-25(2)29(20-24)23-37-31-22-28(14-15-33(31)41(40)32-11-7-6-10-30(32)35(37)39)34(38)36-18-16-27(17-19-36)21-26-8-4-3-5-9-26/h3-15,20,22,27H,16-19,21,23H2,1-2H3/t41-/m1/s1. The summed E-state index contributed by atoms with van der Waals surface area (Å²) in [5, 5.41) is 0. The molecule has 2 heterocycles. The van der Waals surface area contributed by atoms with Crippen LogP contribution < -0.4 is 4.90 Å². The van der Waals surface area contributed by atoms with Gasteiger partial charge in [0, 0.05) is 18.7 Å². The smallest absolute Gasteiger partial charge is 0.259 e. The van der Waals surface area contributed by atoms with E-state index in [1.807, 2.05) is 30.9 Å². The van der Waals surface area contributed by atoms with Gasteiger partial charge in [0.15, 0.2) is 0 Å². The third-order valence-corrected chi connectivity index (χ3v) is 9.86. The first-order valence-electron chi connectivity index (χ1n) is 14.2. The number of nitrogens with zero attached hydrogens (tertiary/aromatic N) is 2. The molecule has 4 aromatic rings. The fourth-order valence-corrected chi connectivity index (χ4v) is 7.31. The number of carbonyl (C=O) groups excluding carboxylic acids is 2. The summed E-state index contributed by atoms with van der Waals surface area (Å²) in [5.74, 6) is 0.303. The number of aryl methyl sites for hydroxylation is 2. The third kappa shape index (κ3) is 5.49. The maximum absolute atomic E-state index is 14.0. The van der Waals surface area contributed by atoms with Crippen molar-refractivity contribution in [1.29, 1.82) is 0 Å². The second-order valence-corrected chi connectivity index (χ2v) is 12.6. The van der Waals surface area contributed by atoms with Crippen LogP contribution in [0.4, 0.5) is 5.69 Å². The van der Waals surface area contributed by atoms with Gasteiger partial charge in [-0.1, -0.05) is 66.2 Å². The second kappa shape index (κ2) is 11.5. The van der Waals surface area contributed by atoms with Crippen molar-refractivity contribution in [2.45, 2.75) is 49.4 Å². The highest BCUT2D eigenvalue weighted by Gasteiger charge is 2.32. The molecular weight excluding hydrogens is 528 g/mol. The number of rotatable bonds is 5. The Labute approximate surface area is 244 Å². The summed E-state index contributed by atoms with van der Waals surface area (Å²) in [6.45, 7) is 5.80. The van der Waals surface area contributed by atoms with Crippen molar-refractivity contribution in [2.24, 2.45) is 5.92 Å². The fourth-order valence-electron chi connectivity index (χ4n) is 5.96. The fraction of sp³-hybridized carbons (Fsp3) is 0.257. The lowest BCUT2D eigenvalue weighted by atomic mass is 9.90. The summed E-state index contributed by atoms with van der Waals surface area (Å²) in [6, 6.07) is 29.1. The lowest BCUT2D eigenvalue weighted by molar-refractivity contribution is 0.0690. The van der Waals surface area contributed by atoms with Gasteiger partial charge in [0.25, 0.3) is 11.8 Å². The molecule has 208 valence electrons. The van der Waals surface area contributed by atoms with E-state index in [1.54, 1.807) is 41.3 Å². The molecule has 2 aliphatic rings. The Bertz CT molecular complexity index is 1640. The molecule has 0 N–H and O–H groups in total. The number of hydrogen-bond donors (Lipinski definition) is 0. The zero-order valence-corrected chi connectivity index (χ0v) is 24.3. The number of carbonyl (C=O) groups is 2. The highest BCUT2D eigenvalue weighted by Crippen LogP contribution is 2.37. The number of hydrogen-bond acceptors (Lipinski definition) is 3. The Morgan fingerprint density at radius 1 is 0.854 bits per heavy atom. The minimum atomic E-state index is -1.55. The molecule has 6 rings (SSSR count). The van der Waals surface area contributed by atoms with Crippen LogP contribution in [-0.4, -0.2) is 34.0 Å². The topological polar surface area (TPSA) is 57.7 Å². The van der Waals surface area contributed by atoms with Crippen LogP contribution in [0.1, 0.15) is 55.8 Å². The Morgan fingerprint density at radius 3 is 2.37 bits per heavy atom. The quantitative estimate of drug-likeness (QED) is 0.271. The van der Waals surface area contributed by atoms with Crippen LogP contribution in [0.5, 0.6) is 0 Å². The first kappa shape index (κ1) is 27.2. The number of benzene rings is 4. The Hall–Kier alpha value is -4.03. The monoisotopic (exact) mass is 562 g/mol. The minimum Gasteiger partial charge on any atom is -0.339 e. The van der Waals surface area contributed by atoms with Gasteiger partial charge in [0.2, 0.25) is 0 Å². The van der Waals surface area contributed by atoms with Gasteiger partial charge in [-0.2, -0.15) is 0 Å². The van der Waals surface area contributed by atoms with Gasteiger partial charge in [-0.15, -0.1) is 0 Å². The molecule has 2 aliphatic heterocycles. The molecule has 0 saturated carbocycles. The van der Waals surface area contributed by atoms with Crippen LogP contribution in [0.2, 0.25) is 0 Å². The van der Waals surface area contributed by atoms with Crippen LogP contribution in [0, 0.1) is 19.8 Å². The van der Waals surface area contributed by atoms with Crippen molar-refractivity contribution in [3.63, 3.8) is 0 Å². The molecule has 1 atom stereocenters. The van der Waals surface area contributed by atoms with Crippen molar-refractivity contribution >= 4 is 28.3 Å². The average molecular weight is 563 g/mol. The van der Waals surface area contributed by atoms with Gasteiger partial charge in [-0.05, 0) is 86.1 Å². The van der Waals surface area contributed by atoms with Crippen molar-refractivity contribution in [2.75, 3.05) is 18.0 Å². The highest BCUT2D eigenvalue weighted by atomic mass is 32.2. The molecule has 6 heteroatoms. The first-order chi connectivity index (χ1) is 19.9. The van der Waals surface area contributed by atoms with E-state index in [-0.39, 0.29) is 11.8 Å². The van der Waals surface area contributed by atoms with Crippen molar-refractivity contribution in [1.82, 2.24) is 4.90 Å². The largest absolute Gasteiger partial charge is 0.339 e. The summed E-state index contributed by atoms with van der Waals surface area (Å²) in [4.78, 5) is 32.4. The molecule has 4 aromatic carbocycles. The van der Waals surface area contributed by atoms with Crippen molar-refractivity contribution in [3.8, 4) is 0 Å². The molecule has 0 aliphatic carbocycles. The number of fused-ring (bicyclic) bond motifs is 2. The zero-order valence-electron chi connectivity index (χ0n) is 23.5. The molecule has 1 saturated heterocycles. The lowest BCUT2D eigenvalue weighted by Gasteiger charge is -2.32. The van der Waals surface area contributed by atoms with Gasteiger partial charge in [-0.25, -0.2) is 4.21 Å². The van der Waals surface area contributed by atoms with Crippen molar-refractivity contribution in [3.05, 3.63) is 124 Å². The maximum atomic E-state index is 14.0. The molecule has 0 bridgehead atoms. The third-order valence-electron chi connectivity index (χ3n) is 8.36.